The van der Waals surface area contributed by atoms with Gasteiger partial charge in [-0.1, -0.05) is 12.1 Å². The van der Waals surface area contributed by atoms with E-state index in [4.69, 9.17) is 14.4 Å². The lowest BCUT2D eigenvalue weighted by molar-refractivity contribution is 0.0740. The fraction of sp³-hybridized carbons (Fsp3) is 0.211. The minimum atomic E-state index is -0.372. The molecule has 8 heteroatoms. The molecule has 134 valence electrons. The highest BCUT2D eigenvalue weighted by molar-refractivity contribution is 5.93. The molecule has 1 aliphatic rings. The van der Waals surface area contributed by atoms with Crippen LogP contribution in [0.15, 0.2) is 51.9 Å². The highest BCUT2D eigenvalue weighted by atomic mass is 16.5. The van der Waals surface area contributed by atoms with Gasteiger partial charge in [0, 0.05) is 31.4 Å². The Morgan fingerprint density at radius 3 is 2.96 bits per heavy atom. The first-order chi connectivity index (χ1) is 13.2. The number of aromatic nitrogens is 2. The van der Waals surface area contributed by atoms with Gasteiger partial charge in [0.1, 0.15) is 17.8 Å². The predicted octanol–water partition coefficient (Wildman–Crippen LogP) is 1.75. The van der Waals surface area contributed by atoms with E-state index in [2.05, 4.69) is 9.97 Å². The van der Waals surface area contributed by atoms with E-state index < -0.39 is 0 Å². The third-order valence-electron chi connectivity index (χ3n) is 4.33. The van der Waals surface area contributed by atoms with Crippen molar-refractivity contribution in [2.75, 3.05) is 13.1 Å². The quantitative estimate of drug-likeness (QED) is 0.698. The molecule has 0 N–H and O–H groups in total. The van der Waals surface area contributed by atoms with E-state index in [0.717, 1.165) is 0 Å². The molecular formula is C19H14N4O4. The summed E-state index contributed by atoms with van der Waals surface area (Å²) in [6.07, 6.45) is 3.12. The Morgan fingerprint density at radius 1 is 1.30 bits per heavy atom. The maximum Gasteiger partial charge on any atom is 0.289 e. The number of nitriles is 1. The number of nitrogens with zero attached hydrogens (tertiary/aromatic N) is 4. The lowest BCUT2D eigenvalue weighted by Crippen LogP contribution is -2.31. The fourth-order valence-corrected chi connectivity index (χ4v) is 3.02. The van der Waals surface area contributed by atoms with Crippen molar-refractivity contribution in [3.05, 3.63) is 64.4 Å². The molecule has 1 atom stereocenters. The van der Waals surface area contributed by atoms with Crippen LogP contribution in [0.4, 0.5) is 0 Å². The van der Waals surface area contributed by atoms with Crippen molar-refractivity contribution < 1.29 is 13.9 Å². The van der Waals surface area contributed by atoms with Gasteiger partial charge in [0.25, 0.3) is 11.8 Å². The maximum absolute atomic E-state index is 12.7. The molecule has 1 aromatic carbocycles. The summed E-state index contributed by atoms with van der Waals surface area (Å²) in [5.41, 5.74) is 0.215. The molecule has 8 nitrogen and oxygen atoms in total. The Bertz CT molecular complexity index is 1120. The zero-order chi connectivity index (χ0) is 18.8. The summed E-state index contributed by atoms with van der Waals surface area (Å²) in [7, 11) is 0. The molecule has 3 aromatic rings. The van der Waals surface area contributed by atoms with Crippen LogP contribution in [0.1, 0.15) is 22.7 Å². The molecular weight excluding hydrogens is 348 g/mol. The highest BCUT2D eigenvalue weighted by Gasteiger charge is 2.30. The second-order valence-electron chi connectivity index (χ2n) is 6.07. The van der Waals surface area contributed by atoms with E-state index >= 15 is 0 Å². The standard InChI is InChI=1S/C19H14N4O4/c20-10-14-18(22-7-6-21-14)26-12-5-8-23(11-12)19(25)17-9-15(24)13-3-1-2-4-16(13)27-17/h1-4,6-7,9,12H,5,8,11H2. The van der Waals surface area contributed by atoms with Gasteiger partial charge in [-0.25, -0.2) is 9.97 Å². The van der Waals surface area contributed by atoms with Gasteiger partial charge in [-0.2, -0.15) is 5.26 Å². The van der Waals surface area contributed by atoms with E-state index in [-0.39, 0.29) is 34.8 Å². The van der Waals surface area contributed by atoms with Crippen molar-refractivity contribution in [1.82, 2.24) is 14.9 Å². The normalized spacial score (nSPS) is 16.3. The monoisotopic (exact) mass is 362 g/mol. The van der Waals surface area contributed by atoms with Crippen molar-refractivity contribution in [3.63, 3.8) is 0 Å². The molecule has 4 rings (SSSR count). The third kappa shape index (κ3) is 3.22. The van der Waals surface area contributed by atoms with Crippen LogP contribution in [0.5, 0.6) is 5.88 Å². The van der Waals surface area contributed by atoms with Crippen LogP contribution in [-0.2, 0) is 0 Å². The average Bonchev–Trinajstić information content (AvgIpc) is 3.16. The molecule has 3 heterocycles. The lowest BCUT2D eigenvalue weighted by Gasteiger charge is -2.16. The fourth-order valence-electron chi connectivity index (χ4n) is 3.02. The minimum absolute atomic E-state index is 0.00318. The molecule has 0 bridgehead atoms. The van der Waals surface area contributed by atoms with Crippen molar-refractivity contribution in [2.24, 2.45) is 0 Å². The highest BCUT2D eigenvalue weighted by Crippen LogP contribution is 2.21. The van der Waals surface area contributed by atoms with Gasteiger partial charge in [-0.15, -0.1) is 0 Å². The average molecular weight is 362 g/mol. The molecule has 1 amide bonds. The number of amides is 1. The Balaban J connectivity index is 1.51. The first-order valence-electron chi connectivity index (χ1n) is 8.35. The summed E-state index contributed by atoms with van der Waals surface area (Å²) >= 11 is 0. The molecule has 1 fully saturated rings. The maximum atomic E-state index is 12.7. The van der Waals surface area contributed by atoms with Crippen LogP contribution < -0.4 is 10.2 Å². The number of hydrogen-bond acceptors (Lipinski definition) is 7. The first-order valence-corrected chi connectivity index (χ1v) is 8.35. The van der Waals surface area contributed by atoms with Gasteiger partial charge < -0.3 is 14.1 Å². The van der Waals surface area contributed by atoms with E-state index in [9.17, 15) is 9.59 Å². The summed E-state index contributed by atoms with van der Waals surface area (Å²) in [5.74, 6) is -0.225. The second-order valence-corrected chi connectivity index (χ2v) is 6.07. The zero-order valence-corrected chi connectivity index (χ0v) is 14.2. The van der Waals surface area contributed by atoms with Gasteiger partial charge in [0.05, 0.1) is 11.9 Å². The summed E-state index contributed by atoms with van der Waals surface area (Å²) < 4.78 is 11.3. The molecule has 0 saturated carbocycles. The SMILES string of the molecule is N#Cc1nccnc1OC1CCN(C(=O)c2cc(=O)c3ccccc3o2)C1. The van der Waals surface area contributed by atoms with Crippen LogP contribution in [0.25, 0.3) is 11.0 Å². The number of benzene rings is 1. The lowest BCUT2D eigenvalue weighted by atomic mass is 10.2. The number of para-hydroxylation sites is 1. The molecule has 0 spiro atoms. The number of carbonyl (C=O) groups is 1. The number of hydrogen-bond donors (Lipinski definition) is 0. The predicted molar refractivity (Wildman–Crippen MR) is 94.2 cm³/mol. The zero-order valence-electron chi connectivity index (χ0n) is 14.2. The van der Waals surface area contributed by atoms with E-state index in [0.29, 0.717) is 30.5 Å². The summed E-state index contributed by atoms with van der Waals surface area (Å²) in [4.78, 5) is 34.4. The van der Waals surface area contributed by atoms with Crippen molar-refractivity contribution >= 4 is 16.9 Å². The molecule has 1 aliphatic heterocycles. The van der Waals surface area contributed by atoms with Gasteiger partial charge in [-0.3, -0.25) is 9.59 Å². The number of ether oxygens (including phenoxy) is 1. The molecule has 0 radical (unpaired) electrons. The van der Waals surface area contributed by atoms with Gasteiger partial charge in [0.2, 0.25) is 5.69 Å². The van der Waals surface area contributed by atoms with Gasteiger partial charge >= 0.3 is 0 Å². The van der Waals surface area contributed by atoms with E-state index in [1.165, 1.54) is 18.5 Å². The van der Waals surface area contributed by atoms with Crippen LogP contribution in [-0.4, -0.2) is 40.0 Å². The van der Waals surface area contributed by atoms with Crippen molar-refractivity contribution in [1.29, 1.82) is 5.26 Å². The first kappa shape index (κ1) is 16.7. The van der Waals surface area contributed by atoms with Crippen LogP contribution in [0.2, 0.25) is 0 Å². The Morgan fingerprint density at radius 2 is 2.11 bits per heavy atom. The summed E-state index contributed by atoms with van der Waals surface area (Å²) in [5, 5.41) is 9.49. The van der Waals surface area contributed by atoms with Gasteiger partial charge in [-0.05, 0) is 12.1 Å². The van der Waals surface area contributed by atoms with Gasteiger partial charge in [0.15, 0.2) is 11.2 Å². The number of rotatable bonds is 3. The Hall–Kier alpha value is -3.73. The Labute approximate surface area is 153 Å². The molecule has 0 aliphatic carbocycles. The second kappa shape index (κ2) is 6.88. The smallest absolute Gasteiger partial charge is 0.289 e. The summed E-state index contributed by atoms with van der Waals surface area (Å²) in [6, 6.07) is 9.93. The Kier molecular flexibility index (Phi) is 4.26. The largest absolute Gasteiger partial charge is 0.470 e. The topological polar surface area (TPSA) is 109 Å². The van der Waals surface area contributed by atoms with Crippen LogP contribution in [0.3, 0.4) is 0 Å². The van der Waals surface area contributed by atoms with Crippen molar-refractivity contribution in [3.8, 4) is 11.9 Å². The number of carbonyl (C=O) groups excluding carboxylic acids is 1. The van der Waals surface area contributed by atoms with E-state index in [1.807, 2.05) is 6.07 Å². The molecule has 1 saturated heterocycles. The molecule has 2 aromatic heterocycles. The third-order valence-corrected chi connectivity index (χ3v) is 4.33. The number of fused-ring (bicyclic) bond motifs is 1. The van der Waals surface area contributed by atoms with Crippen LogP contribution >= 0.6 is 0 Å². The van der Waals surface area contributed by atoms with Crippen LogP contribution in [0, 0.1) is 11.3 Å². The minimum Gasteiger partial charge on any atom is -0.470 e. The number of likely N-dealkylation sites (tertiary alicyclic amines) is 1. The summed E-state index contributed by atoms with van der Waals surface area (Å²) in [6.45, 7) is 0.749. The molecule has 1 unspecified atom stereocenters. The molecule has 27 heavy (non-hydrogen) atoms. The van der Waals surface area contributed by atoms with Crippen molar-refractivity contribution in [2.45, 2.75) is 12.5 Å². The van der Waals surface area contributed by atoms with E-state index in [1.54, 1.807) is 29.2 Å².